The molecule has 0 spiro atoms. The van der Waals surface area contributed by atoms with Crippen molar-refractivity contribution in [2.45, 2.75) is 39.0 Å². The van der Waals surface area contributed by atoms with Crippen molar-refractivity contribution in [2.24, 2.45) is 0 Å². The molecule has 0 saturated carbocycles. The van der Waals surface area contributed by atoms with Gasteiger partial charge < -0.3 is 30.7 Å². The zero-order valence-corrected chi connectivity index (χ0v) is 13.9. The lowest BCUT2D eigenvalue weighted by Crippen LogP contribution is -2.64. The van der Waals surface area contributed by atoms with Gasteiger partial charge in [0.2, 0.25) is 0 Å². The first-order valence-corrected chi connectivity index (χ1v) is 6.83. The number of carboxylic acid groups (broad SMARTS) is 3. The average Bonchev–Trinajstić information content (AvgIpc) is 2.32. The van der Waals surface area contributed by atoms with Gasteiger partial charge in [-0.3, -0.25) is 21.3 Å². The minimum Gasteiger partial charge on any atom is -0.465 e. The van der Waals surface area contributed by atoms with E-state index < -0.39 is 48.6 Å². The van der Waals surface area contributed by atoms with Crippen molar-refractivity contribution in [3.63, 3.8) is 0 Å². The van der Waals surface area contributed by atoms with E-state index in [1.807, 2.05) is 16.0 Å². The van der Waals surface area contributed by atoms with Crippen molar-refractivity contribution in [3.8, 4) is 0 Å². The van der Waals surface area contributed by atoms with E-state index in [0.29, 0.717) is 0 Å². The molecule has 1 atom stereocenters. The maximum absolute atomic E-state index is 11.8. The highest BCUT2D eigenvalue weighted by molar-refractivity contribution is 5.78. The maximum Gasteiger partial charge on any atom is 0.410 e. The van der Waals surface area contributed by atoms with Crippen molar-refractivity contribution in [1.82, 2.24) is 31.9 Å². The summed E-state index contributed by atoms with van der Waals surface area (Å²) in [7, 11) is 0. The Hall–Kier alpha value is -3.65. The third-order valence-electron chi connectivity index (χ3n) is 2.02. The number of carbonyl (C=O) groups is 5. The lowest BCUT2D eigenvalue weighted by molar-refractivity contribution is 0.0489. The van der Waals surface area contributed by atoms with Crippen LogP contribution in [-0.2, 0) is 4.74 Å². The van der Waals surface area contributed by atoms with Crippen LogP contribution in [0.15, 0.2) is 0 Å². The number of rotatable bonds is 6. The summed E-state index contributed by atoms with van der Waals surface area (Å²) < 4.78 is 4.88. The highest BCUT2D eigenvalue weighted by atomic mass is 16.6. The Morgan fingerprint density at radius 2 is 1.04 bits per heavy atom. The Balaban J connectivity index is 4.88. The zero-order chi connectivity index (χ0) is 20.5. The van der Waals surface area contributed by atoms with Gasteiger partial charge in [0, 0.05) is 0 Å². The molecule has 0 aliphatic heterocycles. The van der Waals surface area contributed by atoms with Crippen LogP contribution in [0.5, 0.6) is 0 Å². The summed E-state index contributed by atoms with van der Waals surface area (Å²) in [6, 6.07) is -1.23. The number of hydrogen-bond acceptors (Lipinski definition) is 6. The highest BCUT2D eigenvalue weighted by Crippen LogP contribution is 2.06. The molecule has 0 heterocycles. The molecule has 0 rings (SSSR count). The van der Waals surface area contributed by atoms with Gasteiger partial charge in [-0.05, 0) is 20.8 Å². The first-order valence-electron chi connectivity index (χ1n) is 6.83. The topological polar surface area (TPSA) is 227 Å². The number of hydrogen-bond donors (Lipinski definition) is 9. The van der Waals surface area contributed by atoms with Crippen molar-refractivity contribution in [1.29, 1.82) is 0 Å². The molecule has 6 amide bonds. The summed E-state index contributed by atoms with van der Waals surface area (Å²) in [4.78, 5) is 55.2. The molecule has 15 nitrogen and oxygen atoms in total. The fourth-order valence-corrected chi connectivity index (χ4v) is 1.32. The predicted molar refractivity (Wildman–Crippen MR) is 82.1 cm³/mol. The summed E-state index contributed by atoms with van der Waals surface area (Å²) in [5.74, 6) is 0. The second-order valence-electron chi connectivity index (χ2n) is 5.48. The number of nitrogens with one attached hydrogen (secondary N) is 6. The SMILES string of the molecule is CC(C)(C)OC(=O)NC(NC(=O)O)NC(=O)NC(NC(=O)O)NC(=O)O. The Morgan fingerprint density at radius 3 is 1.35 bits per heavy atom. The first kappa shape index (κ1) is 22.3. The molecule has 0 radical (unpaired) electrons. The fourth-order valence-electron chi connectivity index (χ4n) is 1.32. The van der Waals surface area contributed by atoms with E-state index in [4.69, 9.17) is 20.1 Å². The van der Waals surface area contributed by atoms with E-state index in [0.717, 1.165) is 0 Å². The summed E-state index contributed by atoms with van der Waals surface area (Å²) in [5, 5.41) is 36.6. The van der Waals surface area contributed by atoms with Crippen LogP contribution in [0.3, 0.4) is 0 Å². The number of ether oxygens (including phenoxy) is 1. The highest BCUT2D eigenvalue weighted by Gasteiger charge is 2.23. The van der Waals surface area contributed by atoms with E-state index in [-0.39, 0.29) is 0 Å². The van der Waals surface area contributed by atoms with Crippen LogP contribution >= 0.6 is 0 Å². The van der Waals surface area contributed by atoms with E-state index in [2.05, 4.69) is 0 Å². The van der Waals surface area contributed by atoms with Gasteiger partial charge in [-0.25, -0.2) is 24.0 Å². The molecule has 9 N–H and O–H groups in total. The molecule has 0 aromatic heterocycles. The van der Waals surface area contributed by atoms with Crippen LogP contribution in [0.1, 0.15) is 20.8 Å². The fraction of sp³-hybridized carbons (Fsp3) is 0.545. The van der Waals surface area contributed by atoms with Crippen LogP contribution in [-0.4, -0.2) is 63.9 Å². The molecule has 1 unspecified atom stereocenters. The third kappa shape index (κ3) is 11.9. The standard InChI is InChI=1S/C11H20N6O9/c1-11(2,3)26-10(25)17-5(16-9(23)24)13-6(18)12-4(14-7(19)20)15-8(21)22/h4-5,14-16H,1-3H3,(H,17,25)(H,19,20)(H,21,22)(H,23,24)(H2,12,13,18). The minimum atomic E-state index is -1.75. The molecule has 0 aliphatic carbocycles. The molecule has 0 aromatic carbocycles. The molecule has 0 bridgehead atoms. The molecule has 148 valence electrons. The molecule has 15 heteroatoms. The molecule has 26 heavy (non-hydrogen) atoms. The van der Waals surface area contributed by atoms with Gasteiger partial charge in [0.15, 0.2) is 12.6 Å². The quantitative estimate of drug-likeness (QED) is 0.262. The van der Waals surface area contributed by atoms with Gasteiger partial charge in [-0.15, -0.1) is 0 Å². The van der Waals surface area contributed by atoms with Crippen molar-refractivity contribution >= 4 is 30.4 Å². The van der Waals surface area contributed by atoms with Crippen LogP contribution in [0.25, 0.3) is 0 Å². The Bertz CT molecular complexity index is 545. The summed E-state index contributed by atoms with van der Waals surface area (Å²) >= 11 is 0. The second kappa shape index (κ2) is 9.60. The zero-order valence-electron chi connectivity index (χ0n) is 13.9. The van der Waals surface area contributed by atoms with E-state index in [1.54, 1.807) is 36.7 Å². The lowest BCUT2D eigenvalue weighted by atomic mass is 10.2. The largest absolute Gasteiger partial charge is 0.465 e. The van der Waals surface area contributed by atoms with E-state index in [1.165, 1.54) is 0 Å². The van der Waals surface area contributed by atoms with E-state index >= 15 is 0 Å². The Labute approximate surface area is 146 Å². The normalized spacial score (nSPS) is 11.5. The van der Waals surface area contributed by atoms with Crippen LogP contribution in [0.2, 0.25) is 0 Å². The maximum atomic E-state index is 11.8. The van der Waals surface area contributed by atoms with Gasteiger partial charge in [-0.2, -0.15) is 0 Å². The summed E-state index contributed by atoms with van der Waals surface area (Å²) in [6.07, 6.45) is -9.42. The van der Waals surface area contributed by atoms with Crippen molar-refractivity contribution < 1.29 is 44.0 Å². The molecular formula is C11H20N6O9. The number of carbonyl (C=O) groups excluding carboxylic acids is 2. The number of alkyl carbamates (subject to hydrolysis) is 1. The smallest absolute Gasteiger partial charge is 0.410 e. The van der Waals surface area contributed by atoms with Crippen molar-refractivity contribution in [2.75, 3.05) is 0 Å². The second-order valence-corrected chi connectivity index (χ2v) is 5.48. The number of amides is 6. The third-order valence-corrected chi connectivity index (χ3v) is 2.02. The molecule has 0 fully saturated rings. The van der Waals surface area contributed by atoms with Crippen LogP contribution in [0.4, 0.5) is 24.0 Å². The van der Waals surface area contributed by atoms with Gasteiger partial charge in [0.05, 0.1) is 0 Å². The molecule has 0 aliphatic rings. The minimum absolute atomic E-state index is 0.901. The average molecular weight is 380 g/mol. The van der Waals surface area contributed by atoms with Gasteiger partial charge >= 0.3 is 30.4 Å². The lowest BCUT2D eigenvalue weighted by Gasteiger charge is -2.25. The van der Waals surface area contributed by atoms with E-state index in [9.17, 15) is 24.0 Å². The van der Waals surface area contributed by atoms with Crippen LogP contribution < -0.4 is 31.9 Å². The molecule has 0 saturated heterocycles. The predicted octanol–water partition coefficient (Wildman–Crippen LogP) is -0.820. The number of urea groups is 1. The Morgan fingerprint density at radius 1 is 0.692 bits per heavy atom. The van der Waals surface area contributed by atoms with Gasteiger partial charge in [0.1, 0.15) is 5.60 Å². The summed E-state index contributed by atoms with van der Waals surface area (Å²) in [6.45, 7) is 4.64. The van der Waals surface area contributed by atoms with Gasteiger partial charge in [-0.1, -0.05) is 0 Å². The monoisotopic (exact) mass is 380 g/mol. The molecular weight excluding hydrogens is 360 g/mol. The first-order chi connectivity index (χ1) is 11.8. The molecule has 0 aromatic rings. The van der Waals surface area contributed by atoms with Crippen molar-refractivity contribution in [3.05, 3.63) is 0 Å². The summed E-state index contributed by atoms with van der Waals surface area (Å²) in [5.41, 5.74) is -0.901. The van der Waals surface area contributed by atoms with Gasteiger partial charge in [0.25, 0.3) is 0 Å². The Kier molecular flexibility index (Phi) is 8.25. The van der Waals surface area contributed by atoms with Crippen LogP contribution in [0, 0.1) is 0 Å².